The van der Waals surface area contributed by atoms with Crippen LogP contribution in [0.1, 0.15) is 34.3 Å². The minimum atomic E-state index is -0.0691. The van der Waals surface area contributed by atoms with Crippen molar-refractivity contribution in [1.82, 2.24) is 10.2 Å². The Bertz CT molecular complexity index is 1350. The molecule has 0 atom stereocenters. The Morgan fingerprint density at radius 3 is 2.44 bits per heavy atom. The summed E-state index contributed by atoms with van der Waals surface area (Å²) in [5.74, 6) is 0.433. The van der Waals surface area contributed by atoms with Gasteiger partial charge in [-0.25, -0.2) is 0 Å². The third kappa shape index (κ3) is 4.95. The Hall–Kier alpha value is -3.70. The van der Waals surface area contributed by atoms with Crippen LogP contribution in [0.2, 0.25) is 0 Å². The van der Waals surface area contributed by atoms with Crippen molar-refractivity contribution in [2.24, 2.45) is 0 Å². The molecule has 1 fully saturated rings. The van der Waals surface area contributed by atoms with Gasteiger partial charge in [0.1, 0.15) is 11.3 Å². The number of aryl methyl sites for hydroxylation is 1. The Kier molecular flexibility index (Phi) is 6.28. The van der Waals surface area contributed by atoms with E-state index in [1.165, 1.54) is 11.6 Å². The molecule has 1 amide bonds. The van der Waals surface area contributed by atoms with Gasteiger partial charge in [0, 0.05) is 42.9 Å². The largest absolute Gasteiger partial charge is 0.456 e. The molecule has 0 radical (unpaired) electrons. The van der Waals surface area contributed by atoms with Gasteiger partial charge in [-0.3, -0.25) is 14.5 Å². The lowest BCUT2D eigenvalue weighted by molar-refractivity contribution is 0.0909. The molecule has 1 N–H and O–H groups in total. The fourth-order valence-electron chi connectivity index (χ4n) is 4.54. The van der Waals surface area contributed by atoms with Gasteiger partial charge in [0.25, 0.3) is 5.91 Å². The van der Waals surface area contributed by atoms with Gasteiger partial charge in [0.2, 0.25) is 0 Å². The smallest absolute Gasteiger partial charge is 0.251 e. The molecule has 1 aliphatic heterocycles. The number of hydrogen-bond acceptors (Lipinski definition) is 4. The lowest BCUT2D eigenvalue weighted by Crippen LogP contribution is -2.44. The van der Waals surface area contributed by atoms with Crippen LogP contribution in [0.4, 0.5) is 0 Å². The molecule has 3 aromatic carbocycles. The molecule has 0 spiro atoms. The summed E-state index contributed by atoms with van der Waals surface area (Å²) >= 11 is 0. The van der Waals surface area contributed by atoms with Crippen molar-refractivity contribution < 1.29 is 9.21 Å². The summed E-state index contributed by atoms with van der Waals surface area (Å²) in [6.07, 6.45) is 1.89. The molecule has 2 heterocycles. The maximum absolute atomic E-state index is 12.8. The van der Waals surface area contributed by atoms with Crippen molar-refractivity contribution in [3.63, 3.8) is 0 Å². The predicted octanol–water partition coefficient (Wildman–Crippen LogP) is 5.16. The number of nitrogens with zero attached hydrogens (tertiary/aromatic N) is 1. The second-order valence-electron chi connectivity index (χ2n) is 9.06. The predicted molar refractivity (Wildman–Crippen MR) is 135 cm³/mol. The van der Waals surface area contributed by atoms with Crippen molar-refractivity contribution in [3.05, 3.63) is 106 Å². The number of piperidine rings is 1. The zero-order valence-corrected chi connectivity index (χ0v) is 19.3. The highest BCUT2D eigenvalue weighted by Gasteiger charge is 2.21. The van der Waals surface area contributed by atoms with E-state index in [9.17, 15) is 9.59 Å². The van der Waals surface area contributed by atoms with Crippen LogP contribution in [0, 0.1) is 6.92 Å². The first-order chi connectivity index (χ1) is 16.5. The molecule has 34 heavy (non-hydrogen) atoms. The van der Waals surface area contributed by atoms with Crippen LogP contribution >= 0.6 is 0 Å². The van der Waals surface area contributed by atoms with E-state index in [1.807, 2.05) is 43.3 Å². The van der Waals surface area contributed by atoms with E-state index >= 15 is 0 Å². The summed E-state index contributed by atoms with van der Waals surface area (Å²) in [6.45, 7) is 4.84. The van der Waals surface area contributed by atoms with Gasteiger partial charge in [-0.05, 0) is 49.6 Å². The molecule has 172 valence electrons. The van der Waals surface area contributed by atoms with Gasteiger partial charge in [0.05, 0.1) is 5.39 Å². The lowest BCUT2D eigenvalue weighted by atomic mass is 10.0. The summed E-state index contributed by atoms with van der Waals surface area (Å²) in [4.78, 5) is 27.8. The third-order valence-corrected chi connectivity index (χ3v) is 6.49. The molecule has 5 nitrogen and oxygen atoms in total. The lowest BCUT2D eigenvalue weighted by Gasteiger charge is -2.32. The SMILES string of the molecule is Cc1ccc2oc(-c3ccc(C(=O)NC4CCN(Cc5ccccc5)CC4)cc3)cc(=O)c2c1. The minimum absolute atomic E-state index is 0.0662. The summed E-state index contributed by atoms with van der Waals surface area (Å²) < 4.78 is 5.95. The Labute approximate surface area is 199 Å². The third-order valence-electron chi connectivity index (χ3n) is 6.49. The van der Waals surface area contributed by atoms with E-state index in [4.69, 9.17) is 4.42 Å². The second-order valence-corrected chi connectivity index (χ2v) is 9.06. The number of hydrogen-bond donors (Lipinski definition) is 1. The van der Waals surface area contributed by atoms with Crippen LogP contribution in [0.5, 0.6) is 0 Å². The first-order valence-electron chi connectivity index (χ1n) is 11.8. The average Bonchev–Trinajstić information content (AvgIpc) is 2.86. The second kappa shape index (κ2) is 9.65. The highest BCUT2D eigenvalue weighted by atomic mass is 16.3. The highest BCUT2D eigenvalue weighted by Crippen LogP contribution is 2.23. The Morgan fingerprint density at radius 1 is 0.971 bits per heavy atom. The number of carbonyl (C=O) groups excluding carboxylic acids is 1. The fourth-order valence-corrected chi connectivity index (χ4v) is 4.54. The van der Waals surface area contributed by atoms with E-state index in [0.29, 0.717) is 22.3 Å². The zero-order chi connectivity index (χ0) is 23.5. The minimum Gasteiger partial charge on any atom is -0.456 e. The van der Waals surface area contributed by atoms with Crippen LogP contribution in [-0.4, -0.2) is 29.9 Å². The molecule has 5 heteroatoms. The van der Waals surface area contributed by atoms with Crippen LogP contribution < -0.4 is 10.7 Å². The molecule has 1 aromatic heterocycles. The maximum atomic E-state index is 12.8. The molecule has 0 unspecified atom stereocenters. The van der Waals surface area contributed by atoms with Crippen molar-refractivity contribution in [1.29, 1.82) is 0 Å². The van der Waals surface area contributed by atoms with Gasteiger partial charge in [-0.1, -0.05) is 54.1 Å². The topological polar surface area (TPSA) is 62.6 Å². The zero-order valence-electron chi connectivity index (χ0n) is 19.3. The van der Waals surface area contributed by atoms with Gasteiger partial charge < -0.3 is 9.73 Å². The molecule has 5 rings (SSSR count). The summed E-state index contributed by atoms with van der Waals surface area (Å²) in [5, 5.41) is 3.76. The van der Waals surface area contributed by atoms with Crippen molar-refractivity contribution in [3.8, 4) is 11.3 Å². The van der Waals surface area contributed by atoms with Crippen molar-refractivity contribution >= 4 is 16.9 Å². The fraction of sp³-hybridized carbons (Fsp3) is 0.241. The Balaban J connectivity index is 1.20. The molecule has 4 aromatic rings. The monoisotopic (exact) mass is 452 g/mol. The summed E-state index contributed by atoms with van der Waals surface area (Å²) in [6, 6.07) is 25.0. The first-order valence-corrected chi connectivity index (χ1v) is 11.8. The number of amides is 1. The number of nitrogens with one attached hydrogen (secondary N) is 1. The van der Waals surface area contributed by atoms with E-state index < -0.39 is 0 Å². The van der Waals surface area contributed by atoms with Gasteiger partial charge in [-0.2, -0.15) is 0 Å². The van der Waals surface area contributed by atoms with Gasteiger partial charge in [0.15, 0.2) is 5.43 Å². The number of fused-ring (bicyclic) bond motifs is 1. The quantitative estimate of drug-likeness (QED) is 0.454. The average molecular weight is 453 g/mol. The number of carbonyl (C=O) groups is 1. The molecular formula is C29H28N2O3. The summed E-state index contributed by atoms with van der Waals surface area (Å²) in [5.41, 5.74) is 4.21. The van der Waals surface area contributed by atoms with Crippen LogP contribution in [0.3, 0.4) is 0 Å². The van der Waals surface area contributed by atoms with Gasteiger partial charge >= 0.3 is 0 Å². The molecular weight excluding hydrogens is 424 g/mol. The first kappa shape index (κ1) is 22.1. The maximum Gasteiger partial charge on any atom is 0.251 e. The molecule has 0 aliphatic carbocycles. The van der Waals surface area contributed by atoms with Crippen LogP contribution in [-0.2, 0) is 6.54 Å². The van der Waals surface area contributed by atoms with E-state index in [2.05, 4.69) is 34.5 Å². The van der Waals surface area contributed by atoms with Gasteiger partial charge in [-0.15, -0.1) is 0 Å². The van der Waals surface area contributed by atoms with Crippen LogP contribution in [0.25, 0.3) is 22.3 Å². The van der Waals surface area contributed by atoms with E-state index in [0.717, 1.165) is 43.6 Å². The van der Waals surface area contributed by atoms with Crippen LogP contribution in [0.15, 0.2) is 88.1 Å². The molecule has 1 saturated heterocycles. The molecule has 0 saturated carbocycles. The van der Waals surface area contributed by atoms with E-state index in [-0.39, 0.29) is 17.4 Å². The highest BCUT2D eigenvalue weighted by molar-refractivity contribution is 5.94. The number of rotatable bonds is 5. The molecule has 0 bridgehead atoms. The van der Waals surface area contributed by atoms with Crippen molar-refractivity contribution in [2.45, 2.75) is 32.4 Å². The number of likely N-dealkylation sites (tertiary alicyclic amines) is 1. The normalized spacial score (nSPS) is 14.9. The standard InChI is InChI=1S/C29H28N2O3/c1-20-7-12-27-25(17-20)26(32)18-28(34-27)22-8-10-23(11-9-22)29(33)30-24-13-15-31(16-14-24)19-21-5-3-2-4-6-21/h2-12,17-18,24H,13-16,19H2,1H3,(H,30,33). The van der Waals surface area contributed by atoms with E-state index in [1.54, 1.807) is 12.1 Å². The Morgan fingerprint density at radius 2 is 1.71 bits per heavy atom. The van der Waals surface area contributed by atoms with Crippen molar-refractivity contribution in [2.75, 3.05) is 13.1 Å². The summed E-state index contributed by atoms with van der Waals surface area (Å²) in [7, 11) is 0. The molecule has 1 aliphatic rings. The number of benzene rings is 3.